The minimum Gasteiger partial charge on any atom is -0.479 e. The molecule has 1 saturated heterocycles. The van der Waals surface area contributed by atoms with Gasteiger partial charge in [-0.15, -0.1) is 0 Å². The number of nitrogens with zero attached hydrogens (tertiary/aromatic N) is 1. The Labute approximate surface area is 124 Å². The highest BCUT2D eigenvalue weighted by Crippen LogP contribution is 2.21. The Bertz CT molecular complexity index is 535. The van der Waals surface area contributed by atoms with Crippen LogP contribution in [0.25, 0.3) is 0 Å². The number of urea groups is 1. The van der Waals surface area contributed by atoms with Gasteiger partial charge in [0.05, 0.1) is 13.2 Å². The van der Waals surface area contributed by atoms with Gasteiger partial charge < -0.3 is 20.1 Å². The average molecular weight is 343 g/mol. The van der Waals surface area contributed by atoms with Gasteiger partial charge in [0.25, 0.3) is 0 Å². The van der Waals surface area contributed by atoms with Crippen molar-refractivity contribution < 1.29 is 19.4 Å². The highest BCUT2D eigenvalue weighted by Gasteiger charge is 2.29. The largest absolute Gasteiger partial charge is 0.479 e. The van der Waals surface area contributed by atoms with Crippen LogP contribution in [0.3, 0.4) is 0 Å². The number of carbonyl (C=O) groups excluding carboxylic acids is 1. The van der Waals surface area contributed by atoms with E-state index >= 15 is 0 Å². The lowest BCUT2D eigenvalue weighted by Crippen LogP contribution is -2.49. The molecule has 0 bridgehead atoms. The third-order valence-corrected chi connectivity index (χ3v) is 3.56. The summed E-state index contributed by atoms with van der Waals surface area (Å²) in [5.41, 5.74) is 1.63. The molecule has 1 aliphatic heterocycles. The van der Waals surface area contributed by atoms with Crippen LogP contribution in [-0.2, 0) is 9.53 Å². The summed E-state index contributed by atoms with van der Waals surface area (Å²) < 4.78 is 5.95. The first-order chi connectivity index (χ1) is 9.47. The highest BCUT2D eigenvalue weighted by molar-refractivity contribution is 9.10. The van der Waals surface area contributed by atoms with Gasteiger partial charge >= 0.3 is 12.0 Å². The predicted molar refractivity (Wildman–Crippen MR) is 76.8 cm³/mol. The molecular weight excluding hydrogens is 328 g/mol. The summed E-state index contributed by atoms with van der Waals surface area (Å²) in [6, 6.07) is 5.27. The molecule has 108 valence electrons. The fourth-order valence-electron chi connectivity index (χ4n) is 1.91. The van der Waals surface area contributed by atoms with Crippen LogP contribution < -0.4 is 5.32 Å². The molecule has 7 heteroatoms. The number of ether oxygens (including phenoxy) is 1. The summed E-state index contributed by atoms with van der Waals surface area (Å²) in [5.74, 6) is -1.05. The quantitative estimate of drug-likeness (QED) is 0.862. The van der Waals surface area contributed by atoms with Crippen LogP contribution in [0.2, 0.25) is 0 Å². The number of hydrogen-bond acceptors (Lipinski definition) is 3. The summed E-state index contributed by atoms with van der Waals surface area (Å²) in [5, 5.41) is 11.7. The number of carboxylic acids is 1. The standard InChI is InChI=1S/C13H15BrN2O4/c1-8-2-3-9(14)6-10(8)15-13(19)16-4-5-20-11(7-16)12(17)18/h2-3,6,11H,4-5,7H2,1H3,(H,15,19)(H,17,18). The van der Waals surface area contributed by atoms with Gasteiger partial charge in [0.2, 0.25) is 0 Å². The Morgan fingerprint density at radius 1 is 1.50 bits per heavy atom. The molecule has 0 aliphatic carbocycles. The SMILES string of the molecule is Cc1ccc(Br)cc1NC(=O)N1CCOC(C(=O)O)C1. The molecule has 2 amide bonds. The minimum atomic E-state index is -1.05. The lowest BCUT2D eigenvalue weighted by atomic mass is 10.2. The molecule has 1 aromatic rings. The summed E-state index contributed by atoms with van der Waals surface area (Å²) in [7, 11) is 0. The Kier molecular flexibility index (Phi) is 4.61. The second-order valence-corrected chi connectivity index (χ2v) is 5.45. The first-order valence-electron chi connectivity index (χ1n) is 6.14. The van der Waals surface area contributed by atoms with Crippen LogP contribution in [0.5, 0.6) is 0 Å². The van der Waals surface area contributed by atoms with Gasteiger partial charge in [-0.1, -0.05) is 22.0 Å². The maximum absolute atomic E-state index is 12.2. The summed E-state index contributed by atoms with van der Waals surface area (Å²) in [6.07, 6.45) is -0.960. The van der Waals surface area contributed by atoms with Crippen molar-refractivity contribution in [2.24, 2.45) is 0 Å². The fraction of sp³-hybridized carbons (Fsp3) is 0.385. The lowest BCUT2D eigenvalue weighted by molar-refractivity contribution is -0.154. The highest BCUT2D eigenvalue weighted by atomic mass is 79.9. The number of nitrogens with one attached hydrogen (secondary N) is 1. The van der Waals surface area contributed by atoms with E-state index in [1.165, 1.54) is 4.90 Å². The molecule has 1 fully saturated rings. The Hall–Kier alpha value is -1.60. The molecule has 1 atom stereocenters. The van der Waals surface area contributed by atoms with E-state index in [1.807, 2.05) is 25.1 Å². The molecule has 0 aromatic heterocycles. The molecule has 1 heterocycles. The smallest absolute Gasteiger partial charge is 0.334 e. The maximum atomic E-state index is 12.2. The number of amides is 2. The van der Waals surface area contributed by atoms with Gasteiger partial charge in [-0.2, -0.15) is 0 Å². The zero-order chi connectivity index (χ0) is 14.7. The molecular formula is C13H15BrN2O4. The Morgan fingerprint density at radius 2 is 2.25 bits per heavy atom. The zero-order valence-electron chi connectivity index (χ0n) is 10.9. The topological polar surface area (TPSA) is 78.9 Å². The van der Waals surface area contributed by atoms with Gasteiger partial charge in [-0.25, -0.2) is 9.59 Å². The average Bonchev–Trinajstić information content (AvgIpc) is 2.43. The monoisotopic (exact) mass is 342 g/mol. The van der Waals surface area contributed by atoms with Crippen LogP contribution in [0.1, 0.15) is 5.56 Å². The van der Waals surface area contributed by atoms with E-state index in [1.54, 1.807) is 0 Å². The normalized spacial score (nSPS) is 18.7. The molecule has 1 aromatic carbocycles. The summed E-state index contributed by atoms with van der Waals surface area (Å²) >= 11 is 3.35. The third kappa shape index (κ3) is 3.49. The second kappa shape index (κ2) is 6.23. The van der Waals surface area contributed by atoms with Crippen molar-refractivity contribution in [3.05, 3.63) is 28.2 Å². The number of carboxylic acid groups (broad SMARTS) is 1. The minimum absolute atomic E-state index is 0.0498. The molecule has 6 nitrogen and oxygen atoms in total. The van der Waals surface area contributed by atoms with E-state index < -0.39 is 12.1 Å². The first kappa shape index (κ1) is 14.8. The molecule has 0 spiro atoms. The molecule has 1 aliphatic rings. The second-order valence-electron chi connectivity index (χ2n) is 4.53. The van der Waals surface area contributed by atoms with Crippen molar-refractivity contribution in [2.75, 3.05) is 25.0 Å². The van der Waals surface area contributed by atoms with Crippen LogP contribution in [0.4, 0.5) is 10.5 Å². The van der Waals surface area contributed by atoms with Crippen LogP contribution in [0, 0.1) is 6.92 Å². The number of aliphatic carboxylic acids is 1. The van der Waals surface area contributed by atoms with Crippen LogP contribution >= 0.6 is 15.9 Å². The number of rotatable bonds is 2. The number of halogens is 1. The van der Waals surface area contributed by atoms with E-state index in [-0.39, 0.29) is 19.2 Å². The summed E-state index contributed by atoms with van der Waals surface area (Å²) in [4.78, 5) is 24.5. The maximum Gasteiger partial charge on any atom is 0.334 e. The molecule has 20 heavy (non-hydrogen) atoms. The number of benzene rings is 1. The van der Waals surface area contributed by atoms with Crippen molar-refractivity contribution in [1.29, 1.82) is 0 Å². The molecule has 0 saturated carbocycles. The van der Waals surface area contributed by atoms with Gasteiger partial charge in [-0.05, 0) is 24.6 Å². The van der Waals surface area contributed by atoms with E-state index in [9.17, 15) is 9.59 Å². The number of carbonyl (C=O) groups is 2. The van der Waals surface area contributed by atoms with E-state index in [4.69, 9.17) is 9.84 Å². The van der Waals surface area contributed by atoms with Crippen molar-refractivity contribution in [2.45, 2.75) is 13.0 Å². The first-order valence-corrected chi connectivity index (χ1v) is 6.93. The van der Waals surface area contributed by atoms with Crippen molar-refractivity contribution in [3.8, 4) is 0 Å². The molecule has 2 rings (SSSR count). The Morgan fingerprint density at radius 3 is 2.95 bits per heavy atom. The predicted octanol–water partition coefficient (Wildman–Crippen LogP) is 2.07. The zero-order valence-corrected chi connectivity index (χ0v) is 12.5. The van der Waals surface area contributed by atoms with Crippen molar-refractivity contribution in [1.82, 2.24) is 4.90 Å². The van der Waals surface area contributed by atoms with Gasteiger partial charge in [0.1, 0.15) is 0 Å². The third-order valence-electron chi connectivity index (χ3n) is 3.07. The molecule has 1 unspecified atom stereocenters. The number of hydrogen-bond donors (Lipinski definition) is 2. The van der Waals surface area contributed by atoms with E-state index in [2.05, 4.69) is 21.2 Å². The van der Waals surface area contributed by atoms with Crippen LogP contribution in [-0.4, -0.2) is 47.8 Å². The van der Waals surface area contributed by atoms with Gasteiger partial charge in [-0.3, -0.25) is 0 Å². The van der Waals surface area contributed by atoms with Crippen molar-refractivity contribution >= 4 is 33.6 Å². The number of aryl methyl sites for hydroxylation is 1. The molecule has 0 radical (unpaired) electrons. The summed E-state index contributed by atoms with van der Waals surface area (Å²) in [6.45, 7) is 2.54. The van der Waals surface area contributed by atoms with E-state index in [0.717, 1.165) is 10.0 Å². The fourth-order valence-corrected chi connectivity index (χ4v) is 2.27. The van der Waals surface area contributed by atoms with Gasteiger partial charge in [0.15, 0.2) is 6.10 Å². The van der Waals surface area contributed by atoms with Crippen LogP contribution in [0.15, 0.2) is 22.7 Å². The van der Waals surface area contributed by atoms with Gasteiger partial charge in [0, 0.05) is 16.7 Å². The lowest BCUT2D eigenvalue weighted by Gasteiger charge is -2.31. The van der Waals surface area contributed by atoms with Crippen molar-refractivity contribution in [3.63, 3.8) is 0 Å². The van der Waals surface area contributed by atoms with E-state index in [0.29, 0.717) is 12.2 Å². The number of anilines is 1. The molecule has 2 N–H and O–H groups in total. The number of morpholine rings is 1. The Balaban J connectivity index is 2.04.